The number of amides is 4. The van der Waals surface area contributed by atoms with Gasteiger partial charge in [-0.1, -0.05) is 30.3 Å². The van der Waals surface area contributed by atoms with E-state index in [1.54, 1.807) is 11.8 Å². The Bertz CT molecular complexity index is 928. The normalized spacial score (nSPS) is 18.8. The Labute approximate surface area is 216 Å². The first-order valence-corrected chi connectivity index (χ1v) is 13.3. The number of nitrogens with zero attached hydrogens (tertiary/aromatic N) is 1. The molecule has 11 heteroatoms. The number of methoxy groups -OCH3 is 1. The van der Waals surface area contributed by atoms with Gasteiger partial charge in [-0.15, -0.1) is 0 Å². The zero-order valence-corrected chi connectivity index (χ0v) is 22.1. The Kier molecular flexibility index (Phi) is 11.7. The van der Waals surface area contributed by atoms with Gasteiger partial charge in [0.2, 0.25) is 23.6 Å². The van der Waals surface area contributed by atoms with E-state index in [9.17, 15) is 24.0 Å². The lowest BCUT2D eigenvalue weighted by Crippen LogP contribution is -2.55. The lowest BCUT2D eigenvalue weighted by molar-refractivity contribution is -0.142. The number of nitrogens with one attached hydrogen (secondary N) is 3. The van der Waals surface area contributed by atoms with E-state index < -0.39 is 30.0 Å². The van der Waals surface area contributed by atoms with Crippen LogP contribution in [0.15, 0.2) is 30.3 Å². The number of ether oxygens (including phenoxy) is 1. The predicted octanol–water partition coefficient (Wildman–Crippen LogP) is 0.640. The molecule has 4 amide bonds. The third kappa shape index (κ3) is 8.54. The molecule has 0 saturated carbocycles. The zero-order chi connectivity index (χ0) is 26.7. The Hall–Kier alpha value is -3.08. The van der Waals surface area contributed by atoms with Gasteiger partial charge in [0.05, 0.1) is 13.5 Å². The first-order valence-electron chi connectivity index (χ1n) is 11.9. The summed E-state index contributed by atoms with van der Waals surface area (Å²) in [6.45, 7) is 3.26. The fourth-order valence-corrected chi connectivity index (χ4v) is 4.69. The molecule has 36 heavy (non-hydrogen) atoms. The topological polar surface area (TPSA) is 134 Å². The van der Waals surface area contributed by atoms with Crippen molar-refractivity contribution in [1.29, 1.82) is 0 Å². The monoisotopic (exact) mass is 520 g/mol. The van der Waals surface area contributed by atoms with Gasteiger partial charge in [-0.2, -0.15) is 11.8 Å². The summed E-state index contributed by atoms with van der Waals surface area (Å²) in [7, 11) is 1.28. The number of benzene rings is 1. The maximum Gasteiger partial charge on any atom is 0.307 e. The number of hydrogen-bond acceptors (Lipinski definition) is 7. The fourth-order valence-electron chi connectivity index (χ4n) is 4.22. The summed E-state index contributed by atoms with van der Waals surface area (Å²) in [6, 6.07) is 6.66. The average molecular weight is 521 g/mol. The van der Waals surface area contributed by atoms with Crippen LogP contribution in [0, 0.1) is 0 Å². The van der Waals surface area contributed by atoms with Crippen molar-refractivity contribution in [2.24, 2.45) is 0 Å². The van der Waals surface area contributed by atoms with Gasteiger partial charge >= 0.3 is 5.97 Å². The molecule has 0 radical (unpaired) electrons. The van der Waals surface area contributed by atoms with E-state index in [1.807, 2.05) is 43.5 Å². The SMILES string of the molecule is COC(=O)CCNC(=O)[C@H](Cc1ccccc1)N1C(=O)[C@@H](NC(=O)[C@H](CCSC)NC(C)=O)CC1C. The highest BCUT2D eigenvalue weighted by molar-refractivity contribution is 7.98. The summed E-state index contributed by atoms with van der Waals surface area (Å²) in [5.41, 5.74) is 0.876. The summed E-state index contributed by atoms with van der Waals surface area (Å²) in [5, 5.41) is 8.16. The molecule has 2 rings (SSSR count). The molecule has 1 unspecified atom stereocenters. The molecule has 198 valence electrons. The van der Waals surface area contributed by atoms with Gasteiger partial charge in [-0.3, -0.25) is 24.0 Å². The van der Waals surface area contributed by atoms with Crippen molar-refractivity contribution in [3.63, 3.8) is 0 Å². The fraction of sp³-hybridized carbons (Fsp3) is 0.560. The van der Waals surface area contributed by atoms with Crippen LogP contribution in [-0.4, -0.2) is 84.3 Å². The summed E-state index contributed by atoms with van der Waals surface area (Å²) < 4.78 is 4.62. The second kappa shape index (κ2) is 14.5. The van der Waals surface area contributed by atoms with Crippen molar-refractivity contribution in [3.8, 4) is 0 Å². The molecule has 10 nitrogen and oxygen atoms in total. The molecule has 1 aromatic rings. The second-order valence-corrected chi connectivity index (χ2v) is 9.73. The number of likely N-dealkylation sites (tertiary alicyclic amines) is 1. The number of hydrogen-bond donors (Lipinski definition) is 3. The predicted molar refractivity (Wildman–Crippen MR) is 137 cm³/mol. The molecule has 1 aromatic carbocycles. The highest BCUT2D eigenvalue weighted by atomic mass is 32.2. The summed E-state index contributed by atoms with van der Waals surface area (Å²) >= 11 is 1.56. The molecule has 0 aromatic heterocycles. The number of esters is 1. The van der Waals surface area contributed by atoms with E-state index in [2.05, 4.69) is 20.7 Å². The smallest absolute Gasteiger partial charge is 0.307 e. The van der Waals surface area contributed by atoms with Gasteiger partial charge in [-0.05, 0) is 37.3 Å². The van der Waals surface area contributed by atoms with Crippen LogP contribution in [0.1, 0.15) is 38.7 Å². The van der Waals surface area contributed by atoms with Crippen molar-refractivity contribution in [2.45, 2.75) is 63.7 Å². The molecule has 1 fully saturated rings. The Morgan fingerprint density at radius 3 is 2.47 bits per heavy atom. The van der Waals surface area contributed by atoms with Crippen molar-refractivity contribution in [3.05, 3.63) is 35.9 Å². The van der Waals surface area contributed by atoms with E-state index in [0.29, 0.717) is 18.6 Å². The first kappa shape index (κ1) is 29.2. The second-order valence-electron chi connectivity index (χ2n) is 8.75. The number of rotatable bonds is 13. The van der Waals surface area contributed by atoms with Crippen LogP contribution < -0.4 is 16.0 Å². The van der Waals surface area contributed by atoms with Crippen LogP contribution in [0.25, 0.3) is 0 Å². The van der Waals surface area contributed by atoms with E-state index >= 15 is 0 Å². The summed E-state index contributed by atoms with van der Waals surface area (Å²) in [5.74, 6) is -1.26. The maximum atomic E-state index is 13.4. The molecule has 3 N–H and O–H groups in total. The lowest BCUT2D eigenvalue weighted by Gasteiger charge is -2.31. The van der Waals surface area contributed by atoms with Crippen molar-refractivity contribution < 1.29 is 28.7 Å². The molecular formula is C25H36N4O6S. The Morgan fingerprint density at radius 2 is 1.86 bits per heavy atom. The Balaban J connectivity index is 2.17. The van der Waals surface area contributed by atoms with Crippen LogP contribution in [0.2, 0.25) is 0 Å². The van der Waals surface area contributed by atoms with E-state index in [-0.39, 0.29) is 43.1 Å². The van der Waals surface area contributed by atoms with Gasteiger partial charge in [0.15, 0.2) is 0 Å². The van der Waals surface area contributed by atoms with Gasteiger partial charge in [0, 0.05) is 25.9 Å². The third-order valence-corrected chi connectivity index (χ3v) is 6.64. The minimum atomic E-state index is -0.822. The molecule has 1 heterocycles. The molecular weight excluding hydrogens is 484 g/mol. The minimum absolute atomic E-state index is 0.0169. The maximum absolute atomic E-state index is 13.4. The quantitative estimate of drug-likeness (QED) is 0.325. The van der Waals surface area contributed by atoms with E-state index in [0.717, 1.165) is 5.56 Å². The van der Waals surface area contributed by atoms with Crippen LogP contribution >= 0.6 is 11.8 Å². The van der Waals surface area contributed by atoms with E-state index in [1.165, 1.54) is 18.9 Å². The third-order valence-electron chi connectivity index (χ3n) is 5.99. The lowest BCUT2D eigenvalue weighted by atomic mass is 10.0. The van der Waals surface area contributed by atoms with Crippen molar-refractivity contribution in [2.75, 3.05) is 25.7 Å². The largest absolute Gasteiger partial charge is 0.469 e. The van der Waals surface area contributed by atoms with Crippen LogP contribution in [0.5, 0.6) is 0 Å². The molecule has 0 spiro atoms. The van der Waals surface area contributed by atoms with E-state index in [4.69, 9.17) is 0 Å². The molecule has 1 aliphatic rings. The van der Waals surface area contributed by atoms with Crippen LogP contribution in [0.4, 0.5) is 0 Å². The van der Waals surface area contributed by atoms with Gasteiger partial charge in [-0.25, -0.2) is 0 Å². The highest BCUT2D eigenvalue weighted by Gasteiger charge is 2.44. The zero-order valence-electron chi connectivity index (χ0n) is 21.2. The molecule has 0 bridgehead atoms. The van der Waals surface area contributed by atoms with Crippen molar-refractivity contribution in [1.82, 2.24) is 20.9 Å². The van der Waals surface area contributed by atoms with Gasteiger partial charge < -0.3 is 25.6 Å². The molecule has 0 aliphatic carbocycles. The van der Waals surface area contributed by atoms with Crippen molar-refractivity contribution >= 4 is 41.4 Å². The van der Waals surface area contributed by atoms with Crippen LogP contribution in [0.3, 0.4) is 0 Å². The number of carbonyl (C=O) groups excluding carboxylic acids is 5. The summed E-state index contributed by atoms with van der Waals surface area (Å²) in [4.78, 5) is 64.0. The molecule has 1 saturated heterocycles. The van der Waals surface area contributed by atoms with Gasteiger partial charge in [0.1, 0.15) is 18.1 Å². The molecule has 4 atom stereocenters. The Morgan fingerprint density at radius 1 is 1.17 bits per heavy atom. The standard InChI is InChI=1S/C25H36N4O6S/c1-16-14-20(28-23(32)19(11-13-36-4)27-17(2)30)25(34)29(16)21(15-18-8-6-5-7-9-18)24(33)26-12-10-22(31)35-3/h5-9,16,19-21H,10-15H2,1-4H3,(H,26,33)(H,27,30)(H,28,32)/t16?,19-,20-,21-/m0/s1. The average Bonchev–Trinajstić information content (AvgIpc) is 3.12. The highest BCUT2D eigenvalue weighted by Crippen LogP contribution is 2.24. The number of thioether (sulfide) groups is 1. The molecule has 1 aliphatic heterocycles. The first-order chi connectivity index (χ1) is 17.2. The number of carbonyl (C=O) groups is 5. The van der Waals surface area contributed by atoms with Gasteiger partial charge in [0.25, 0.3) is 0 Å². The summed E-state index contributed by atoms with van der Waals surface area (Å²) in [6.07, 6.45) is 2.98. The minimum Gasteiger partial charge on any atom is -0.469 e. The van der Waals surface area contributed by atoms with Crippen LogP contribution in [-0.2, 0) is 35.1 Å².